The molecule has 4 aromatic carbocycles. The van der Waals surface area contributed by atoms with Crippen LogP contribution in [0.2, 0.25) is 0 Å². The lowest BCUT2D eigenvalue weighted by Crippen LogP contribution is -2.59. The monoisotopic (exact) mass is 759 g/mol. The fourth-order valence-corrected chi connectivity index (χ4v) is 8.24. The number of ether oxygens (including phenoxy) is 1. The number of carbonyl (C=O) groups excluding carboxylic acids is 1. The second-order valence-corrected chi connectivity index (χ2v) is 14.9. The number of aliphatic hydroxyl groups excluding tert-OH is 1. The van der Waals surface area contributed by atoms with Crippen molar-refractivity contribution >= 4 is 22.9 Å². The minimum absolute atomic E-state index is 0.0598. The molecule has 0 radical (unpaired) electrons. The highest BCUT2D eigenvalue weighted by Crippen LogP contribution is 2.39. The van der Waals surface area contributed by atoms with Crippen molar-refractivity contribution in [3.63, 3.8) is 0 Å². The van der Waals surface area contributed by atoms with Gasteiger partial charge in [-0.05, 0) is 103 Å². The highest BCUT2D eigenvalue weighted by Gasteiger charge is 2.43. The quantitative estimate of drug-likeness (QED) is 0.0837. The molecule has 2 unspecified atom stereocenters. The van der Waals surface area contributed by atoms with Gasteiger partial charge in [0, 0.05) is 43.7 Å². The van der Waals surface area contributed by atoms with Crippen LogP contribution in [0.15, 0.2) is 108 Å². The van der Waals surface area contributed by atoms with Gasteiger partial charge in [0.05, 0.1) is 23.7 Å². The van der Waals surface area contributed by atoms with Crippen LogP contribution in [0, 0.1) is 5.92 Å². The van der Waals surface area contributed by atoms with E-state index in [2.05, 4.69) is 15.2 Å². The van der Waals surface area contributed by atoms with Crippen molar-refractivity contribution in [3.8, 4) is 11.5 Å². The summed E-state index contributed by atoms with van der Waals surface area (Å²) >= 11 is 0. The van der Waals surface area contributed by atoms with Gasteiger partial charge in [0.25, 0.3) is 5.91 Å². The van der Waals surface area contributed by atoms with E-state index in [0.29, 0.717) is 47.7 Å². The molecule has 0 aliphatic carbocycles. The molecule has 2 bridgehead atoms. The summed E-state index contributed by atoms with van der Waals surface area (Å²) in [5.74, 6) is 0.768. The van der Waals surface area contributed by atoms with Crippen LogP contribution >= 0.6 is 0 Å². The van der Waals surface area contributed by atoms with E-state index in [1.165, 1.54) is 12.1 Å². The average Bonchev–Trinajstić information content (AvgIpc) is 3.22. The maximum atomic E-state index is 13.4. The third-order valence-electron chi connectivity index (χ3n) is 11.1. The number of nitrogens with zero attached hydrogens (tertiary/aromatic N) is 3. The molecule has 2 amide bonds. The fourth-order valence-electron chi connectivity index (χ4n) is 8.24. The third-order valence-corrected chi connectivity index (χ3v) is 11.1. The lowest BCUT2D eigenvalue weighted by molar-refractivity contribution is -0.000814. The van der Waals surface area contributed by atoms with E-state index >= 15 is 0 Å². The molecule has 3 atom stereocenters. The normalized spacial score (nSPS) is 18.6. The topological polar surface area (TPSA) is 159 Å². The number of carboxylic acid groups (broad SMARTS) is 1. The maximum Gasteiger partial charge on any atom is 0.408 e. The van der Waals surface area contributed by atoms with E-state index in [1.54, 1.807) is 35.0 Å². The van der Waals surface area contributed by atoms with Gasteiger partial charge in [-0.15, -0.1) is 0 Å². The number of pyridine rings is 1. The number of hydrogen-bond acceptors (Lipinski definition) is 8. The van der Waals surface area contributed by atoms with Crippen molar-refractivity contribution in [1.29, 1.82) is 0 Å². The standard InChI is InChI=1S/C44H49N5O7/c1-47(21-7-20-45-26-39(51)35-14-16-38(50)41-36(35)15-17-40(52)46-41)43(53)33-12-5-8-29(24-33)28-56-34-13-6-11-32(25-34)42(31-9-3-2-4-10-31)49(44(54)55)37-27-48-22-18-30(37)19-23-48/h2-6,8-17,24-25,30,37,39,42,45,50-51H,7,18-23,26-28H2,1H3,(H,46,52)(H,54,55)/t37?,39?,42-/m0/s1. The number of aromatic nitrogens is 1. The lowest BCUT2D eigenvalue weighted by Gasteiger charge is -2.50. The SMILES string of the molecule is CN(CCCNCC(O)c1ccc(O)c2[nH]c(=O)ccc12)C(=O)c1cccc(COc2cccc([C@H](c3ccccc3)N(C(=O)O)C3CN4CCC3CC4)c2)c1. The number of amides is 2. The molecule has 5 aromatic rings. The molecule has 3 saturated heterocycles. The number of piperidine rings is 3. The van der Waals surface area contributed by atoms with Gasteiger partial charge < -0.3 is 40.2 Å². The Morgan fingerprint density at radius 3 is 2.46 bits per heavy atom. The molecule has 8 rings (SSSR count). The summed E-state index contributed by atoms with van der Waals surface area (Å²) < 4.78 is 6.27. The van der Waals surface area contributed by atoms with Crippen LogP contribution in [0.1, 0.15) is 64.0 Å². The predicted molar refractivity (Wildman–Crippen MR) is 214 cm³/mol. The average molecular weight is 760 g/mol. The van der Waals surface area contributed by atoms with Crippen LogP contribution in [0.4, 0.5) is 4.79 Å². The molecule has 5 N–H and O–H groups in total. The Hall–Kier alpha value is -5.69. The number of phenolic OH excluding ortho intramolecular Hbond substituents is 1. The molecule has 292 valence electrons. The van der Waals surface area contributed by atoms with Gasteiger partial charge in [-0.3, -0.25) is 14.5 Å². The molecular formula is C44H49N5O7. The molecule has 0 saturated carbocycles. The number of H-pyrrole nitrogens is 1. The number of aromatic amines is 1. The van der Waals surface area contributed by atoms with Crippen LogP contribution < -0.4 is 15.6 Å². The summed E-state index contributed by atoms with van der Waals surface area (Å²) in [5.41, 5.74) is 3.66. The van der Waals surface area contributed by atoms with Gasteiger partial charge in [-0.2, -0.15) is 0 Å². The lowest BCUT2D eigenvalue weighted by atomic mass is 9.81. The number of nitrogens with one attached hydrogen (secondary N) is 2. The number of rotatable bonds is 15. The van der Waals surface area contributed by atoms with Gasteiger partial charge in [0.2, 0.25) is 5.56 Å². The summed E-state index contributed by atoms with van der Waals surface area (Å²) in [6.45, 7) is 4.33. The highest BCUT2D eigenvalue weighted by molar-refractivity contribution is 5.94. The van der Waals surface area contributed by atoms with Gasteiger partial charge in [0.15, 0.2) is 0 Å². The molecule has 3 fully saturated rings. The van der Waals surface area contributed by atoms with Crippen molar-refractivity contribution < 1.29 is 29.6 Å². The Bertz CT molecular complexity index is 2200. The Balaban J connectivity index is 0.947. The molecule has 1 aromatic heterocycles. The summed E-state index contributed by atoms with van der Waals surface area (Å²) in [5, 5.41) is 35.4. The summed E-state index contributed by atoms with van der Waals surface area (Å²) in [7, 11) is 1.76. The summed E-state index contributed by atoms with van der Waals surface area (Å²) in [4.78, 5) is 46.4. The van der Waals surface area contributed by atoms with E-state index in [4.69, 9.17) is 4.74 Å². The first-order valence-corrected chi connectivity index (χ1v) is 19.3. The number of fused-ring (bicyclic) bond motifs is 4. The van der Waals surface area contributed by atoms with Crippen molar-refractivity contribution in [2.24, 2.45) is 5.92 Å². The second kappa shape index (κ2) is 17.4. The molecule has 12 heteroatoms. The molecule has 0 spiro atoms. The Morgan fingerprint density at radius 2 is 1.71 bits per heavy atom. The zero-order valence-corrected chi connectivity index (χ0v) is 31.5. The Morgan fingerprint density at radius 1 is 0.946 bits per heavy atom. The van der Waals surface area contributed by atoms with Crippen LogP contribution in [0.25, 0.3) is 10.9 Å². The molecule has 56 heavy (non-hydrogen) atoms. The highest BCUT2D eigenvalue weighted by atomic mass is 16.5. The van der Waals surface area contributed by atoms with Gasteiger partial charge in [0.1, 0.15) is 18.1 Å². The Kier molecular flexibility index (Phi) is 12.0. The first-order chi connectivity index (χ1) is 27.2. The summed E-state index contributed by atoms with van der Waals surface area (Å²) in [6, 6.07) is 30.3. The Labute approximate surface area is 326 Å². The predicted octanol–water partition coefficient (Wildman–Crippen LogP) is 5.76. The third kappa shape index (κ3) is 8.73. The number of benzene rings is 4. The first kappa shape index (κ1) is 38.6. The van der Waals surface area contributed by atoms with Crippen molar-refractivity contribution in [1.82, 2.24) is 25.0 Å². The van der Waals surface area contributed by atoms with Gasteiger partial charge in [-0.25, -0.2) is 4.79 Å². The van der Waals surface area contributed by atoms with Gasteiger partial charge in [-0.1, -0.05) is 60.7 Å². The molecule has 4 heterocycles. The molecule has 12 nitrogen and oxygen atoms in total. The number of aliphatic hydroxyl groups is 1. The van der Waals surface area contributed by atoms with Crippen LogP contribution in [0.3, 0.4) is 0 Å². The largest absolute Gasteiger partial charge is 0.506 e. The zero-order chi connectivity index (χ0) is 39.2. The maximum absolute atomic E-state index is 13.4. The first-order valence-electron chi connectivity index (χ1n) is 19.3. The van der Waals surface area contributed by atoms with E-state index in [1.807, 2.05) is 72.8 Å². The van der Waals surface area contributed by atoms with Crippen LogP contribution in [-0.2, 0) is 6.61 Å². The fraction of sp³-hybridized carbons (Fsp3) is 0.341. The van der Waals surface area contributed by atoms with E-state index in [9.17, 15) is 29.7 Å². The van der Waals surface area contributed by atoms with Crippen molar-refractivity contribution in [2.45, 2.75) is 44.1 Å². The second-order valence-electron chi connectivity index (χ2n) is 14.9. The van der Waals surface area contributed by atoms with E-state index in [-0.39, 0.29) is 41.9 Å². The number of aromatic hydroxyl groups is 1. The van der Waals surface area contributed by atoms with Gasteiger partial charge >= 0.3 is 6.09 Å². The van der Waals surface area contributed by atoms with Crippen molar-refractivity contribution in [3.05, 3.63) is 141 Å². The van der Waals surface area contributed by atoms with Crippen LogP contribution in [-0.4, -0.2) is 99.4 Å². The zero-order valence-electron chi connectivity index (χ0n) is 31.5. The number of phenols is 1. The smallest absolute Gasteiger partial charge is 0.408 e. The minimum Gasteiger partial charge on any atom is -0.506 e. The van der Waals surface area contributed by atoms with Crippen LogP contribution in [0.5, 0.6) is 11.5 Å². The van der Waals surface area contributed by atoms with E-state index < -0.39 is 18.2 Å². The van der Waals surface area contributed by atoms with Crippen molar-refractivity contribution in [2.75, 3.05) is 46.3 Å². The summed E-state index contributed by atoms with van der Waals surface area (Å²) in [6.07, 6.45) is 0.874. The number of hydrogen-bond donors (Lipinski definition) is 5. The minimum atomic E-state index is -0.926. The number of carbonyl (C=O) groups is 2. The molecule has 3 aliphatic rings. The molecule has 3 aliphatic heterocycles. The van der Waals surface area contributed by atoms with E-state index in [0.717, 1.165) is 49.2 Å². The molecular weight excluding hydrogens is 711 g/mol.